The zero-order valence-electron chi connectivity index (χ0n) is 22.1. The van der Waals surface area contributed by atoms with Crippen LogP contribution in [0.4, 0.5) is 19.0 Å². The summed E-state index contributed by atoms with van der Waals surface area (Å²) in [6.45, 7) is 2.80. The first-order chi connectivity index (χ1) is 19.7. The van der Waals surface area contributed by atoms with Crippen molar-refractivity contribution in [2.45, 2.75) is 38.1 Å². The average Bonchev–Trinajstić information content (AvgIpc) is 2.92. The third-order valence-corrected chi connectivity index (χ3v) is 7.06. The Bertz CT molecular complexity index is 1610. The van der Waals surface area contributed by atoms with Crippen LogP contribution in [0.25, 0.3) is 21.7 Å². The first kappa shape index (κ1) is 28.3. The van der Waals surface area contributed by atoms with Crippen molar-refractivity contribution in [1.29, 1.82) is 5.26 Å². The number of halogens is 3. The van der Waals surface area contributed by atoms with Crippen molar-refractivity contribution in [3.63, 3.8) is 0 Å². The molecule has 1 aliphatic heterocycles. The van der Waals surface area contributed by atoms with Crippen LogP contribution in [0.1, 0.15) is 39.9 Å². The van der Waals surface area contributed by atoms with Gasteiger partial charge in [0.15, 0.2) is 0 Å². The highest BCUT2D eigenvalue weighted by atomic mass is 19.4. The summed E-state index contributed by atoms with van der Waals surface area (Å²) in [5.41, 5.74) is 0.899. The molecule has 1 fully saturated rings. The van der Waals surface area contributed by atoms with E-state index in [1.807, 2.05) is 12.1 Å². The fraction of sp³-hybridized carbons (Fsp3) is 0.333. The van der Waals surface area contributed by atoms with Crippen LogP contribution in [0.15, 0.2) is 54.9 Å². The highest BCUT2D eigenvalue weighted by Crippen LogP contribution is 2.34. The topological polar surface area (TPSA) is 111 Å². The molecule has 2 N–H and O–H groups in total. The maximum absolute atomic E-state index is 13.2. The van der Waals surface area contributed by atoms with Crippen LogP contribution in [0.3, 0.4) is 0 Å². The molecule has 11 heteroatoms. The van der Waals surface area contributed by atoms with Crippen LogP contribution in [-0.4, -0.2) is 53.4 Å². The maximum atomic E-state index is 13.2. The van der Waals surface area contributed by atoms with Gasteiger partial charge < -0.3 is 20.1 Å². The highest BCUT2D eigenvalue weighted by molar-refractivity contribution is 6.11. The molecule has 0 saturated carbocycles. The molecule has 1 aliphatic rings. The number of anilines is 1. The van der Waals surface area contributed by atoms with Crippen molar-refractivity contribution in [2.75, 3.05) is 31.1 Å². The van der Waals surface area contributed by atoms with Crippen molar-refractivity contribution in [2.24, 2.45) is 0 Å². The molecule has 8 nitrogen and oxygen atoms in total. The van der Waals surface area contributed by atoms with E-state index in [4.69, 9.17) is 15.0 Å². The SMILES string of the molecule is N#CCc1cc(CNCCCCOC2CN(c3nc4cc(C(=O)O)ccc4c4cnccc34)C2)cc(C(F)(F)F)c1. The van der Waals surface area contributed by atoms with E-state index >= 15 is 0 Å². The van der Waals surface area contributed by atoms with E-state index in [1.54, 1.807) is 36.7 Å². The van der Waals surface area contributed by atoms with Gasteiger partial charge in [-0.2, -0.15) is 18.4 Å². The van der Waals surface area contributed by atoms with Gasteiger partial charge in [-0.15, -0.1) is 0 Å². The Kier molecular flexibility index (Phi) is 8.33. The summed E-state index contributed by atoms with van der Waals surface area (Å²) in [5.74, 6) is -0.233. The van der Waals surface area contributed by atoms with E-state index in [9.17, 15) is 23.1 Å². The Morgan fingerprint density at radius 2 is 1.90 bits per heavy atom. The number of nitrogens with zero attached hydrogens (tertiary/aromatic N) is 4. The van der Waals surface area contributed by atoms with Gasteiger partial charge in [-0.25, -0.2) is 9.78 Å². The second kappa shape index (κ2) is 12.1. The van der Waals surface area contributed by atoms with Crippen LogP contribution < -0.4 is 10.2 Å². The molecule has 212 valence electrons. The number of aromatic nitrogens is 2. The molecule has 1 saturated heterocycles. The summed E-state index contributed by atoms with van der Waals surface area (Å²) in [5, 5.41) is 24.1. The molecular formula is C30H28F3N5O3. The molecule has 2 aromatic carbocycles. The third kappa shape index (κ3) is 6.56. The summed E-state index contributed by atoms with van der Waals surface area (Å²) in [6, 6.07) is 12.5. The third-order valence-electron chi connectivity index (χ3n) is 7.06. The fourth-order valence-corrected chi connectivity index (χ4v) is 4.98. The number of ether oxygens (including phenoxy) is 1. The van der Waals surface area contributed by atoms with Crippen LogP contribution in [-0.2, 0) is 23.9 Å². The number of alkyl halides is 3. The number of fused-ring (bicyclic) bond motifs is 3. The summed E-state index contributed by atoms with van der Waals surface area (Å²) in [6.07, 6.45) is 0.610. The van der Waals surface area contributed by atoms with Crippen molar-refractivity contribution in [3.05, 3.63) is 77.1 Å². The normalized spacial score (nSPS) is 13.9. The lowest BCUT2D eigenvalue weighted by atomic mass is 10.0. The Morgan fingerprint density at radius 3 is 2.66 bits per heavy atom. The second-order valence-corrected chi connectivity index (χ2v) is 10.0. The molecule has 0 radical (unpaired) electrons. The number of hydrogen-bond donors (Lipinski definition) is 2. The van der Waals surface area contributed by atoms with Gasteiger partial charge >= 0.3 is 12.1 Å². The predicted octanol–water partition coefficient (Wildman–Crippen LogP) is 5.34. The van der Waals surface area contributed by atoms with Crippen molar-refractivity contribution in [1.82, 2.24) is 15.3 Å². The molecule has 3 heterocycles. The summed E-state index contributed by atoms with van der Waals surface area (Å²) in [7, 11) is 0. The van der Waals surface area contributed by atoms with Gasteiger partial charge in [0.25, 0.3) is 0 Å². The molecule has 0 unspecified atom stereocenters. The van der Waals surface area contributed by atoms with E-state index in [-0.39, 0.29) is 24.6 Å². The Morgan fingerprint density at radius 1 is 1.10 bits per heavy atom. The quantitative estimate of drug-likeness (QED) is 0.186. The Labute approximate surface area is 234 Å². The van der Waals surface area contributed by atoms with Gasteiger partial charge in [-0.1, -0.05) is 12.1 Å². The van der Waals surface area contributed by atoms with Gasteiger partial charge in [-0.3, -0.25) is 4.98 Å². The number of carboxylic acids is 1. The largest absolute Gasteiger partial charge is 0.478 e. The summed E-state index contributed by atoms with van der Waals surface area (Å²) in [4.78, 5) is 22.6. The smallest absolute Gasteiger partial charge is 0.416 e. The summed E-state index contributed by atoms with van der Waals surface area (Å²) >= 11 is 0. The number of nitriles is 1. The molecule has 0 spiro atoms. The molecule has 0 amide bonds. The van der Waals surface area contributed by atoms with E-state index < -0.39 is 17.7 Å². The number of aromatic carboxylic acids is 1. The van der Waals surface area contributed by atoms with E-state index in [0.717, 1.165) is 47.0 Å². The average molecular weight is 564 g/mol. The summed E-state index contributed by atoms with van der Waals surface area (Å²) < 4.78 is 45.5. The van der Waals surface area contributed by atoms with Gasteiger partial charge in [0, 0.05) is 54.8 Å². The predicted molar refractivity (Wildman–Crippen MR) is 148 cm³/mol. The molecule has 5 rings (SSSR count). The van der Waals surface area contributed by atoms with Crippen LogP contribution in [0, 0.1) is 11.3 Å². The lowest BCUT2D eigenvalue weighted by Gasteiger charge is -2.40. The first-order valence-electron chi connectivity index (χ1n) is 13.3. The number of benzene rings is 2. The molecule has 41 heavy (non-hydrogen) atoms. The van der Waals surface area contributed by atoms with E-state index in [0.29, 0.717) is 42.9 Å². The number of nitrogens with one attached hydrogen (secondary N) is 1. The van der Waals surface area contributed by atoms with Gasteiger partial charge in [-0.05, 0) is 60.8 Å². The van der Waals surface area contributed by atoms with Crippen LogP contribution in [0.2, 0.25) is 0 Å². The standard InChI is InChI=1S/C30H28F3N5O3/c31-30(32,33)22-12-19(5-7-34)11-20(13-22)15-35-8-1-2-10-41-23-17-38(18-23)28-25-6-9-36-16-26(25)24-4-3-21(29(39)40)14-27(24)37-28/h3-4,6,9,11-14,16,23,35H,1-2,5,8,10,15,17-18H2,(H,39,40). The highest BCUT2D eigenvalue weighted by Gasteiger charge is 2.31. The lowest BCUT2D eigenvalue weighted by Crippen LogP contribution is -2.52. The molecule has 0 aliphatic carbocycles. The minimum Gasteiger partial charge on any atom is -0.478 e. The van der Waals surface area contributed by atoms with Crippen molar-refractivity contribution in [3.8, 4) is 6.07 Å². The zero-order valence-corrected chi connectivity index (χ0v) is 22.1. The first-order valence-corrected chi connectivity index (χ1v) is 13.3. The monoisotopic (exact) mass is 563 g/mol. The van der Waals surface area contributed by atoms with E-state index in [2.05, 4.69) is 15.2 Å². The second-order valence-electron chi connectivity index (χ2n) is 10.0. The molecule has 2 aromatic heterocycles. The van der Waals surface area contributed by atoms with Crippen molar-refractivity contribution < 1.29 is 27.8 Å². The minimum atomic E-state index is -4.45. The molecular weight excluding hydrogens is 535 g/mol. The van der Waals surface area contributed by atoms with Gasteiger partial charge in [0.05, 0.1) is 35.2 Å². The van der Waals surface area contributed by atoms with Crippen LogP contribution in [0.5, 0.6) is 0 Å². The van der Waals surface area contributed by atoms with Crippen LogP contribution >= 0.6 is 0 Å². The Hall–Kier alpha value is -4.27. The number of hydrogen-bond acceptors (Lipinski definition) is 7. The molecule has 0 atom stereocenters. The number of carbonyl (C=O) groups is 1. The lowest BCUT2D eigenvalue weighted by molar-refractivity contribution is -0.137. The number of pyridine rings is 2. The number of carboxylic acid groups (broad SMARTS) is 1. The number of unbranched alkanes of at least 4 members (excludes halogenated alkanes) is 1. The Balaban J connectivity index is 1.09. The molecule has 4 aromatic rings. The zero-order chi connectivity index (χ0) is 29.0. The fourth-order valence-electron chi connectivity index (χ4n) is 4.98. The van der Waals surface area contributed by atoms with E-state index in [1.165, 1.54) is 0 Å². The number of rotatable bonds is 11. The maximum Gasteiger partial charge on any atom is 0.416 e. The van der Waals surface area contributed by atoms with Gasteiger partial charge in [0.2, 0.25) is 0 Å². The molecule has 0 bridgehead atoms. The minimum absolute atomic E-state index is 0.0476. The van der Waals surface area contributed by atoms with Crippen molar-refractivity contribution >= 4 is 33.5 Å². The van der Waals surface area contributed by atoms with Gasteiger partial charge in [0.1, 0.15) is 5.82 Å².